The van der Waals surface area contributed by atoms with Gasteiger partial charge in [-0.05, 0) is 303 Å². The summed E-state index contributed by atoms with van der Waals surface area (Å²) >= 11 is 0. The zero-order chi connectivity index (χ0) is 102. The van der Waals surface area contributed by atoms with E-state index in [9.17, 15) is 16.4 Å². The Labute approximate surface area is 785 Å². The van der Waals surface area contributed by atoms with Crippen molar-refractivity contribution in [1.29, 1.82) is 0 Å². The summed E-state index contributed by atoms with van der Waals surface area (Å²) in [6, 6.07) is 73.5. The molecule has 4 heterocycles. The minimum atomic E-state index is -1.88. The van der Waals surface area contributed by atoms with E-state index >= 15 is 0 Å². The lowest BCUT2D eigenvalue weighted by molar-refractivity contribution is 0.410. The molecule has 4 nitrogen and oxygen atoms in total. The summed E-state index contributed by atoms with van der Waals surface area (Å²) in [5.74, 6) is 0. The van der Waals surface area contributed by atoms with Crippen molar-refractivity contribution >= 4 is 101 Å². The van der Waals surface area contributed by atoms with Crippen molar-refractivity contribution in [2.75, 3.05) is 9.80 Å². The molecule has 0 saturated carbocycles. The molecular formula is C123H141BN4. The molecule has 0 spiro atoms. The Kier molecular flexibility index (Phi) is 19.1. The number of benzene rings is 13. The van der Waals surface area contributed by atoms with E-state index in [0.717, 1.165) is 139 Å². The van der Waals surface area contributed by atoms with Crippen molar-refractivity contribution in [2.45, 2.75) is 245 Å². The molecule has 0 bridgehead atoms. The lowest BCUT2D eigenvalue weighted by Crippen LogP contribution is -2.61. The minimum absolute atomic E-state index is 0.0344. The van der Waals surface area contributed by atoms with Crippen LogP contribution in [0.2, 0.25) is 0 Å². The first-order valence-corrected chi connectivity index (χ1v) is 46.7. The Morgan fingerprint density at radius 3 is 0.898 bits per heavy atom. The van der Waals surface area contributed by atoms with Gasteiger partial charge in [-0.2, -0.15) is 0 Å². The average Bonchev–Trinajstić information content (AvgIpc) is 1.01. The molecule has 0 fully saturated rings. The molecule has 17 rings (SSSR count). The van der Waals surface area contributed by atoms with Gasteiger partial charge in [0.15, 0.2) is 0 Å². The second-order valence-electron chi connectivity index (χ2n) is 48.0. The molecule has 0 unspecified atom stereocenters. The van der Waals surface area contributed by atoms with E-state index in [1.807, 2.05) is 87.1 Å². The van der Waals surface area contributed by atoms with Crippen LogP contribution in [0, 0.1) is 48.7 Å². The number of fused-ring (bicyclic) bond motifs is 10. The van der Waals surface area contributed by atoms with Gasteiger partial charge in [-0.3, -0.25) is 0 Å². The summed E-state index contributed by atoms with van der Waals surface area (Å²) in [6.07, 6.45) is 1.65. The molecule has 0 saturated heterocycles. The van der Waals surface area contributed by atoms with Crippen LogP contribution in [0.4, 0.5) is 34.1 Å². The normalized spacial score (nSPS) is 15.2. The maximum Gasteiger partial charge on any atom is 0.252 e. The molecular weight excluding hydrogens is 1540 g/mol. The molecule has 0 radical (unpaired) electrons. The lowest BCUT2D eigenvalue weighted by atomic mass is 9.33. The predicted octanol–water partition coefficient (Wildman–Crippen LogP) is 32.9. The van der Waals surface area contributed by atoms with E-state index in [1.54, 1.807) is 0 Å². The van der Waals surface area contributed by atoms with Gasteiger partial charge in [-0.15, -0.1) is 0 Å². The Morgan fingerprint density at radius 1 is 0.250 bits per heavy atom. The number of hydrogen-bond donors (Lipinski definition) is 0. The molecule has 2 aliphatic heterocycles. The van der Waals surface area contributed by atoms with Gasteiger partial charge < -0.3 is 18.9 Å². The third kappa shape index (κ3) is 19.1. The van der Waals surface area contributed by atoms with Gasteiger partial charge in [0.05, 0.1) is 44.4 Å². The van der Waals surface area contributed by atoms with E-state index in [-0.39, 0.29) is 108 Å². The lowest BCUT2D eigenvalue weighted by Gasteiger charge is -2.46. The first kappa shape index (κ1) is 75.0. The molecule has 128 heavy (non-hydrogen) atoms. The highest BCUT2D eigenvalue weighted by Crippen LogP contribution is 2.54. The van der Waals surface area contributed by atoms with E-state index in [1.165, 1.54) is 33.4 Å². The van der Waals surface area contributed by atoms with Crippen molar-refractivity contribution < 1.29 is 16.4 Å². The number of hydrogen-bond acceptors (Lipinski definition) is 2. The minimum Gasteiger partial charge on any atom is -0.311 e. The predicted molar refractivity (Wildman–Crippen MR) is 559 cm³/mol. The summed E-state index contributed by atoms with van der Waals surface area (Å²) < 4.78 is 122. The van der Waals surface area contributed by atoms with Gasteiger partial charge >= 0.3 is 0 Å². The molecule has 0 atom stereocenters. The number of para-hydroxylation sites is 2. The van der Waals surface area contributed by atoms with E-state index < -0.39 is 30.3 Å². The van der Waals surface area contributed by atoms with Gasteiger partial charge in [0, 0.05) is 72.3 Å². The fourth-order valence-corrected chi connectivity index (χ4v) is 20.4. The average molecular weight is 1700 g/mol. The van der Waals surface area contributed by atoms with Gasteiger partial charge in [0.2, 0.25) is 0 Å². The zero-order valence-electron chi connectivity index (χ0n) is 93.4. The quantitative estimate of drug-likeness (QED) is 0.0845. The third-order valence-electron chi connectivity index (χ3n) is 24.4. The van der Waals surface area contributed by atoms with Gasteiger partial charge in [-0.1, -0.05) is 345 Å². The van der Waals surface area contributed by atoms with Crippen molar-refractivity contribution in [3.8, 4) is 55.9 Å². The van der Waals surface area contributed by atoms with Crippen LogP contribution in [0.3, 0.4) is 0 Å². The first-order valence-electron chi connectivity index (χ1n) is 52.7. The molecule has 656 valence electrons. The molecule has 2 aromatic heterocycles. The van der Waals surface area contributed by atoms with E-state index in [2.05, 4.69) is 325 Å². The van der Waals surface area contributed by atoms with Crippen LogP contribution < -0.4 is 26.2 Å². The second-order valence-corrected chi connectivity index (χ2v) is 48.0. The standard InChI is InChI=1S/C123H141BN4/c1-115(2,3)70-79-36-32-40-86(56-79)96-68-108(98(64-90(96)77-122(22,23)24)88-42-34-38-81(58-88)72-117(7,8)9)127-110-66-92(125-104-46-30-28-44-94(104)100-60-83(48-54-106(100)125)74-119(13,14)15)50-52-102(110)124-103-53-51-93(126-105-47-31-29-45-95(105)101-61-84(49-55-107(101)126)75-120(16,17)18)67-111(103)128(113-63-85(76-121(19,20)21)62-112(127)114(113)124)109-69-97(87-41-33-37-80(57-87)71-116(4,5)6)91(78-123(25,26)27)65-99(109)89-43-35-39-82(59-89)73-118(10,11)12/h28-69H,70-78H2,1-27H3/i28D,29D,30D,31D,44D,45D,46D,47D,74D2,75D2. The van der Waals surface area contributed by atoms with Crippen LogP contribution in [0.25, 0.3) is 99.5 Å². The van der Waals surface area contributed by atoms with E-state index in [0.29, 0.717) is 50.7 Å². The summed E-state index contributed by atoms with van der Waals surface area (Å²) in [5.41, 5.74) is 26.0. The van der Waals surface area contributed by atoms with E-state index in [4.69, 9.17) is 0 Å². The molecule has 15 aromatic rings. The van der Waals surface area contributed by atoms with Crippen LogP contribution in [0.5, 0.6) is 0 Å². The van der Waals surface area contributed by atoms with Crippen LogP contribution in [-0.2, 0) is 57.7 Å². The highest BCUT2D eigenvalue weighted by molar-refractivity contribution is 7.00. The van der Waals surface area contributed by atoms with Gasteiger partial charge in [0.25, 0.3) is 6.71 Å². The molecule has 0 N–H and O–H groups in total. The number of anilines is 6. The highest BCUT2D eigenvalue weighted by Gasteiger charge is 2.46. The summed E-state index contributed by atoms with van der Waals surface area (Å²) in [4.78, 5) is 5.12. The Balaban J connectivity index is 1.10. The third-order valence-corrected chi connectivity index (χ3v) is 24.4. The fourth-order valence-electron chi connectivity index (χ4n) is 20.4. The maximum absolute atomic E-state index is 10.3. The first-order chi connectivity index (χ1) is 64.8. The highest BCUT2D eigenvalue weighted by atomic mass is 15.2. The summed E-state index contributed by atoms with van der Waals surface area (Å²) in [5, 5.41) is 1.56. The van der Waals surface area contributed by atoms with Gasteiger partial charge in [-0.25, -0.2) is 0 Å². The molecule has 0 amide bonds. The topological polar surface area (TPSA) is 16.3 Å². The molecule has 13 aromatic carbocycles. The van der Waals surface area contributed by atoms with Crippen molar-refractivity contribution in [2.24, 2.45) is 48.7 Å². The van der Waals surface area contributed by atoms with Crippen LogP contribution >= 0.6 is 0 Å². The van der Waals surface area contributed by atoms with Crippen LogP contribution in [0.1, 0.15) is 253 Å². The van der Waals surface area contributed by atoms with Crippen LogP contribution in [-0.4, -0.2) is 15.8 Å². The Morgan fingerprint density at radius 2 is 0.570 bits per heavy atom. The smallest absolute Gasteiger partial charge is 0.252 e. The monoisotopic (exact) mass is 1700 g/mol. The van der Waals surface area contributed by atoms with Crippen LogP contribution in [0.15, 0.2) is 255 Å². The summed E-state index contributed by atoms with van der Waals surface area (Å²) in [6.45, 7) is 59.2. The molecule has 5 heteroatoms. The fraction of sp³-hybridized carbons (Fsp3) is 0.366. The Hall–Kier alpha value is -10.9. The molecule has 0 aliphatic carbocycles. The van der Waals surface area contributed by atoms with Gasteiger partial charge in [0.1, 0.15) is 0 Å². The second kappa shape index (κ2) is 32.6. The number of rotatable bonds is 17. The summed E-state index contributed by atoms with van der Waals surface area (Å²) in [7, 11) is 0. The molecule has 2 aliphatic rings. The maximum atomic E-state index is 10.3. The largest absolute Gasteiger partial charge is 0.311 e. The van der Waals surface area contributed by atoms with Crippen molar-refractivity contribution in [3.05, 3.63) is 305 Å². The van der Waals surface area contributed by atoms with Crippen molar-refractivity contribution in [3.63, 3.8) is 0 Å². The Bertz CT molecular complexity index is 7090. The number of aromatic nitrogens is 2. The van der Waals surface area contributed by atoms with Crippen molar-refractivity contribution in [1.82, 2.24) is 9.13 Å². The zero-order valence-corrected chi connectivity index (χ0v) is 81.4. The number of nitrogens with zero attached hydrogens (tertiary/aromatic N) is 4. The SMILES string of the molecule is [2H]c1c([2H])c([2H])c2c(c1[2H])c1cc(C([2H])([2H])C(C)(C)C)ccc1n2-c1ccc2c(c1)N(c1cc(-c3cccc(CC(C)(C)C)c3)c(CC(C)(C)C)cc1-c1cccc(CC(C)(C)C)c1)c1cc(CC(C)(C)C)cc3c1B2c1ccc(-n2c4ccc(C([2H])([2H])C(C)(C)C)cc4c4c([2H])c([2H])c([2H])c([2H])c42)cc1N3c1cc(-c2cccc(CC(C)(C)C)c2)c(CC(C)(C)C)cc1-c1cccc(CC(C)(C)C)c1.